The molecule has 0 saturated carbocycles. The summed E-state index contributed by atoms with van der Waals surface area (Å²) in [6, 6.07) is 3.27. The first-order valence-electron chi connectivity index (χ1n) is 6.41. The van der Waals surface area contributed by atoms with Crippen LogP contribution in [0.3, 0.4) is 0 Å². The molecule has 0 spiro atoms. The second kappa shape index (κ2) is 6.46. The minimum Gasteiger partial charge on any atom is -0.312 e. The Morgan fingerprint density at radius 2 is 2.13 bits per heavy atom. The number of alkyl halides is 3. The molecule has 2 rings (SSSR count). The summed E-state index contributed by atoms with van der Waals surface area (Å²) in [7, 11) is 3.14. The first-order valence-corrected chi connectivity index (χ1v) is 6.41. The Hall–Kier alpha value is -2.91. The van der Waals surface area contributed by atoms with E-state index in [1.807, 2.05) is 0 Å². The highest BCUT2D eigenvalue weighted by atomic mass is 19.4. The largest absolute Gasteiger partial charge is 0.416 e. The number of aryl methyl sites for hydroxylation is 1. The number of aromatic nitrogens is 3. The van der Waals surface area contributed by atoms with E-state index in [1.54, 1.807) is 7.05 Å². The molecule has 0 fully saturated rings. The molecule has 0 aliphatic rings. The van der Waals surface area contributed by atoms with Crippen LogP contribution in [-0.2, 0) is 18.0 Å². The van der Waals surface area contributed by atoms with Gasteiger partial charge in [0.25, 0.3) is 6.33 Å². The average Bonchev–Trinajstić information content (AvgIpc) is 2.93. The first-order chi connectivity index (χ1) is 10.8. The third kappa shape index (κ3) is 3.84. The van der Waals surface area contributed by atoms with Crippen LogP contribution in [-0.4, -0.2) is 29.6 Å². The monoisotopic (exact) mass is 327 g/mol. The molecule has 0 atom stereocenters. The number of carbonyl (C=O) groups is 1. The maximum absolute atomic E-state index is 13.1. The standard InChI is InChI=1S/C13H14F3N6O/c1-17-18-6-22(9-23)12-4-10(13(14,15)16)3-11(5-12)21-7-19-20(2)8-21/h3-9,17H,1-2H3/q+1. The molecule has 1 aromatic heterocycles. The number of hydrazone groups is 1. The normalized spacial score (nSPS) is 11.7. The average molecular weight is 327 g/mol. The van der Waals surface area contributed by atoms with Gasteiger partial charge in [0.15, 0.2) is 0 Å². The zero-order chi connectivity index (χ0) is 17.0. The quantitative estimate of drug-likeness (QED) is 0.291. The van der Waals surface area contributed by atoms with Gasteiger partial charge in [0.1, 0.15) is 12.0 Å². The lowest BCUT2D eigenvalue weighted by Gasteiger charge is -2.15. The van der Waals surface area contributed by atoms with Crippen LogP contribution in [0.5, 0.6) is 0 Å². The van der Waals surface area contributed by atoms with Gasteiger partial charge in [-0.05, 0) is 12.1 Å². The summed E-state index contributed by atoms with van der Waals surface area (Å²) in [6.07, 6.45) is -0.227. The van der Waals surface area contributed by atoms with Crippen molar-refractivity contribution in [3.05, 3.63) is 36.4 Å². The number of hydrogen-bond acceptors (Lipinski definition) is 4. The molecule has 1 heterocycles. The fraction of sp³-hybridized carbons (Fsp3) is 0.231. The van der Waals surface area contributed by atoms with Crippen molar-refractivity contribution in [2.45, 2.75) is 6.18 Å². The predicted octanol–water partition coefficient (Wildman–Crippen LogP) is 0.841. The number of rotatable bonds is 5. The molecule has 10 heteroatoms. The van der Waals surface area contributed by atoms with Crippen LogP contribution >= 0.6 is 0 Å². The highest BCUT2D eigenvalue weighted by Crippen LogP contribution is 2.32. The predicted molar refractivity (Wildman–Crippen MR) is 75.8 cm³/mol. The fourth-order valence-corrected chi connectivity index (χ4v) is 1.84. The van der Waals surface area contributed by atoms with Crippen LogP contribution in [0.1, 0.15) is 5.56 Å². The molecule has 0 aliphatic carbocycles. The number of nitrogens with zero attached hydrogens (tertiary/aromatic N) is 5. The highest BCUT2D eigenvalue weighted by molar-refractivity contribution is 5.97. The Bertz CT molecular complexity index is 725. The van der Waals surface area contributed by atoms with Crippen molar-refractivity contribution in [1.29, 1.82) is 0 Å². The van der Waals surface area contributed by atoms with Gasteiger partial charge in [-0.25, -0.2) is 4.57 Å². The molecule has 1 amide bonds. The van der Waals surface area contributed by atoms with Gasteiger partial charge in [-0.1, -0.05) is 0 Å². The van der Waals surface area contributed by atoms with Crippen molar-refractivity contribution in [3.63, 3.8) is 0 Å². The summed E-state index contributed by atoms with van der Waals surface area (Å²) in [5, 5.41) is 7.54. The number of amides is 1. The van der Waals surface area contributed by atoms with Gasteiger partial charge in [-0.15, -0.1) is 4.68 Å². The van der Waals surface area contributed by atoms with E-state index in [9.17, 15) is 18.0 Å². The number of halogens is 3. The van der Waals surface area contributed by atoms with E-state index in [0.29, 0.717) is 6.41 Å². The molecule has 23 heavy (non-hydrogen) atoms. The lowest BCUT2D eigenvalue weighted by molar-refractivity contribution is -0.596. The number of hydrogen-bond donors (Lipinski definition) is 1. The topological polar surface area (TPSA) is 66.4 Å². The maximum atomic E-state index is 13.1. The van der Waals surface area contributed by atoms with Crippen molar-refractivity contribution in [3.8, 4) is 5.69 Å². The van der Waals surface area contributed by atoms with E-state index in [1.165, 1.54) is 35.0 Å². The van der Waals surface area contributed by atoms with Crippen molar-refractivity contribution >= 4 is 18.4 Å². The Morgan fingerprint density at radius 3 is 2.65 bits per heavy atom. The third-order valence-electron chi connectivity index (χ3n) is 2.90. The van der Waals surface area contributed by atoms with Gasteiger partial charge in [-0.2, -0.15) is 18.3 Å². The zero-order valence-electron chi connectivity index (χ0n) is 12.3. The summed E-state index contributed by atoms with van der Waals surface area (Å²) in [5.41, 5.74) is 1.78. The van der Waals surface area contributed by atoms with E-state index < -0.39 is 11.7 Å². The molecule has 2 aromatic rings. The van der Waals surface area contributed by atoms with Crippen LogP contribution in [0.4, 0.5) is 18.9 Å². The molecule has 7 nitrogen and oxygen atoms in total. The van der Waals surface area contributed by atoms with Gasteiger partial charge in [0, 0.05) is 18.2 Å². The second-order valence-corrected chi connectivity index (χ2v) is 4.54. The number of nitrogens with one attached hydrogen (secondary N) is 1. The first kappa shape index (κ1) is 16.5. The SMILES string of the molecule is CNN=CN(C=O)c1cc(-[n+]2cnn(C)c2)cc(C(F)(F)F)c1. The van der Waals surface area contributed by atoms with Gasteiger partial charge in [-0.3, -0.25) is 9.69 Å². The van der Waals surface area contributed by atoms with Crippen molar-refractivity contribution < 1.29 is 22.5 Å². The molecule has 1 aromatic carbocycles. The number of anilines is 1. The van der Waals surface area contributed by atoms with Crippen LogP contribution in [0.2, 0.25) is 0 Å². The molecule has 0 bridgehead atoms. The molecule has 0 saturated heterocycles. The van der Waals surface area contributed by atoms with Gasteiger partial charge >= 0.3 is 6.18 Å². The summed E-state index contributed by atoms with van der Waals surface area (Å²) in [6.45, 7) is 0. The summed E-state index contributed by atoms with van der Waals surface area (Å²) in [4.78, 5) is 12.1. The zero-order valence-corrected chi connectivity index (χ0v) is 12.3. The van der Waals surface area contributed by atoms with E-state index in [0.717, 1.165) is 23.4 Å². The lowest BCUT2D eigenvalue weighted by Crippen LogP contribution is -2.29. The van der Waals surface area contributed by atoms with Gasteiger partial charge in [0.2, 0.25) is 12.7 Å². The van der Waals surface area contributed by atoms with E-state index in [4.69, 9.17) is 0 Å². The summed E-state index contributed by atoms with van der Waals surface area (Å²) >= 11 is 0. The minimum absolute atomic E-state index is 0.0279. The molecular formula is C13H14F3N6O+. The molecule has 0 aliphatic heterocycles. The summed E-state index contributed by atoms with van der Waals surface area (Å²) in [5.74, 6) is 0. The van der Waals surface area contributed by atoms with Crippen LogP contribution < -0.4 is 14.9 Å². The Balaban J connectivity index is 2.57. The molecule has 0 unspecified atom stereocenters. The van der Waals surface area contributed by atoms with Crippen molar-refractivity contribution in [2.24, 2.45) is 12.1 Å². The smallest absolute Gasteiger partial charge is 0.312 e. The van der Waals surface area contributed by atoms with E-state index in [2.05, 4.69) is 15.6 Å². The van der Waals surface area contributed by atoms with Crippen molar-refractivity contribution in [2.75, 3.05) is 11.9 Å². The van der Waals surface area contributed by atoms with Crippen LogP contribution in [0, 0.1) is 0 Å². The minimum atomic E-state index is -4.55. The maximum Gasteiger partial charge on any atom is 0.416 e. The van der Waals surface area contributed by atoms with Crippen LogP contribution in [0.25, 0.3) is 5.69 Å². The van der Waals surface area contributed by atoms with Crippen LogP contribution in [0.15, 0.2) is 36.0 Å². The number of benzene rings is 1. The van der Waals surface area contributed by atoms with E-state index >= 15 is 0 Å². The van der Waals surface area contributed by atoms with Gasteiger partial charge in [0.05, 0.1) is 18.3 Å². The van der Waals surface area contributed by atoms with E-state index in [-0.39, 0.29) is 11.4 Å². The molecule has 1 N–H and O–H groups in total. The van der Waals surface area contributed by atoms with Gasteiger partial charge < -0.3 is 5.43 Å². The Labute approximate surface area is 129 Å². The molecule has 122 valence electrons. The molecule has 0 radical (unpaired) electrons. The third-order valence-corrected chi connectivity index (χ3v) is 2.90. The number of carbonyl (C=O) groups excluding carboxylic acids is 1. The highest BCUT2D eigenvalue weighted by Gasteiger charge is 2.32. The molecular weight excluding hydrogens is 313 g/mol. The fourth-order valence-electron chi connectivity index (χ4n) is 1.84. The Morgan fingerprint density at radius 1 is 1.39 bits per heavy atom. The lowest BCUT2D eigenvalue weighted by atomic mass is 10.1. The Kier molecular flexibility index (Phi) is 4.63. The second-order valence-electron chi connectivity index (χ2n) is 4.54. The van der Waals surface area contributed by atoms with Crippen molar-refractivity contribution in [1.82, 2.24) is 15.2 Å². The summed E-state index contributed by atoms with van der Waals surface area (Å²) < 4.78 is 42.2.